The zero-order valence-electron chi connectivity index (χ0n) is 12.8. The van der Waals surface area contributed by atoms with Crippen LogP contribution in [0.4, 0.5) is 4.39 Å². The molecule has 0 heterocycles. The monoisotopic (exact) mass is 357 g/mol. The van der Waals surface area contributed by atoms with Crippen molar-refractivity contribution in [2.45, 2.75) is 38.6 Å². The number of rotatable bonds is 5. The Morgan fingerprint density at radius 3 is 2.65 bits per heavy atom. The summed E-state index contributed by atoms with van der Waals surface area (Å²) in [5.74, 6) is -0.651. The lowest BCUT2D eigenvalue weighted by atomic mass is 9.87. The van der Waals surface area contributed by atoms with E-state index in [1.165, 1.54) is 18.6 Å². The van der Waals surface area contributed by atoms with E-state index in [0.29, 0.717) is 10.6 Å². The molecule has 0 spiro atoms. The first-order chi connectivity index (χ1) is 11.0. The highest BCUT2D eigenvalue weighted by atomic mass is 35.5. The number of hydrogen-bond donors (Lipinski definition) is 3. The van der Waals surface area contributed by atoms with Gasteiger partial charge in [-0.2, -0.15) is 0 Å². The van der Waals surface area contributed by atoms with Crippen molar-refractivity contribution in [1.29, 1.82) is 0 Å². The van der Waals surface area contributed by atoms with Gasteiger partial charge in [-0.05, 0) is 42.8 Å². The SMILES string of the molecule is NS/C(C(=O)NCc1c(F)cccc1Cl)=C(\N)C1CCCCC1. The first-order valence-electron chi connectivity index (χ1n) is 7.62. The van der Waals surface area contributed by atoms with Crippen LogP contribution in [0.25, 0.3) is 0 Å². The maximum Gasteiger partial charge on any atom is 0.261 e. The quantitative estimate of drug-likeness (QED) is 0.557. The number of halogens is 2. The lowest BCUT2D eigenvalue weighted by molar-refractivity contribution is -0.117. The second-order valence-corrected chi connectivity index (χ2v) is 6.67. The van der Waals surface area contributed by atoms with Crippen molar-refractivity contribution >= 4 is 29.5 Å². The van der Waals surface area contributed by atoms with Crippen LogP contribution < -0.4 is 16.2 Å². The fourth-order valence-corrected chi connectivity index (χ4v) is 3.51. The highest BCUT2D eigenvalue weighted by Crippen LogP contribution is 2.30. The number of allylic oxidation sites excluding steroid dienone is 1. The van der Waals surface area contributed by atoms with Crippen LogP contribution in [-0.4, -0.2) is 5.91 Å². The van der Waals surface area contributed by atoms with Crippen molar-refractivity contribution in [3.8, 4) is 0 Å². The summed E-state index contributed by atoms with van der Waals surface area (Å²) in [5.41, 5.74) is 6.94. The van der Waals surface area contributed by atoms with Gasteiger partial charge in [0.25, 0.3) is 5.91 Å². The number of nitrogens with two attached hydrogens (primary N) is 2. The Labute approximate surface area is 145 Å². The van der Waals surface area contributed by atoms with Crippen molar-refractivity contribution in [1.82, 2.24) is 5.32 Å². The van der Waals surface area contributed by atoms with Crippen molar-refractivity contribution in [3.63, 3.8) is 0 Å². The third-order valence-corrected chi connectivity index (χ3v) is 5.13. The molecule has 1 aliphatic rings. The summed E-state index contributed by atoms with van der Waals surface area (Å²) in [6, 6.07) is 4.40. The Balaban J connectivity index is 2.08. The van der Waals surface area contributed by atoms with Gasteiger partial charge in [-0.1, -0.05) is 36.9 Å². The van der Waals surface area contributed by atoms with E-state index in [1.54, 1.807) is 6.07 Å². The van der Waals surface area contributed by atoms with Crippen molar-refractivity contribution in [2.75, 3.05) is 0 Å². The highest BCUT2D eigenvalue weighted by molar-refractivity contribution is 8.01. The molecule has 1 aliphatic carbocycles. The van der Waals surface area contributed by atoms with Gasteiger partial charge >= 0.3 is 0 Å². The molecule has 7 heteroatoms. The lowest BCUT2D eigenvalue weighted by Gasteiger charge is -2.23. The lowest BCUT2D eigenvalue weighted by Crippen LogP contribution is -2.29. The molecule has 5 N–H and O–H groups in total. The van der Waals surface area contributed by atoms with Gasteiger partial charge in [-0.15, -0.1) is 0 Å². The number of amides is 1. The summed E-state index contributed by atoms with van der Waals surface area (Å²) < 4.78 is 13.7. The summed E-state index contributed by atoms with van der Waals surface area (Å²) >= 11 is 6.79. The molecule has 1 aromatic rings. The van der Waals surface area contributed by atoms with E-state index >= 15 is 0 Å². The van der Waals surface area contributed by atoms with E-state index in [1.807, 2.05) is 0 Å². The summed E-state index contributed by atoms with van der Waals surface area (Å²) in [4.78, 5) is 12.6. The van der Waals surface area contributed by atoms with E-state index < -0.39 is 5.82 Å². The van der Waals surface area contributed by atoms with E-state index in [2.05, 4.69) is 5.32 Å². The summed E-state index contributed by atoms with van der Waals surface area (Å²) in [7, 11) is 0. The molecule has 0 aromatic heterocycles. The van der Waals surface area contributed by atoms with Gasteiger partial charge in [-0.3, -0.25) is 9.93 Å². The van der Waals surface area contributed by atoms with Gasteiger partial charge in [0, 0.05) is 22.8 Å². The van der Waals surface area contributed by atoms with Crippen LogP contribution >= 0.6 is 23.5 Å². The Bertz CT molecular complexity index is 583. The maximum absolute atomic E-state index is 13.7. The highest BCUT2D eigenvalue weighted by Gasteiger charge is 2.22. The fraction of sp³-hybridized carbons (Fsp3) is 0.438. The van der Waals surface area contributed by atoms with Crippen LogP contribution in [0.2, 0.25) is 5.02 Å². The van der Waals surface area contributed by atoms with Crippen LogP contribution in [0.15, 0.2) is 28.8 Å². The summed E-state index contributed by atoms with van der Waals surface area (Å²) in [6.07, 6.45) is 5.37. The van der Waals surface area contributed by atoms with Gasteiger partial charge < -0.3 is 11.1 Å². The average molecular weight is 358 g/mol. The third kappa shape index (κ3) is 4.62. The van der Waals surface area contributed by atoms with Gasteiger partial charge in [0.15, 0.2) is 0 Å². The van der Waals surface area contributed by atoms with Crippen LogP contribution in [0.3, 0.4) is 0 Å². The number of benzene rings is 1. The molecule has 23 heavy (non-hydrogen) atoms. The molecule has 0 aliphatic heterocycles. The molecule has 0 bridgehead atoms. The van der Waals surface area contributed by atoms with Gasteiger partial charge in [-0.25, -0.2) is 4.39 Å². The minimum atomic E-state index is -0.455. The Hall–Kier alpha value is -1.24. The molecule has 0 atom stereocenters. The van der Waals surface area contributed by atoms with E-state index in [9.17, 15) is 9.18 Å². The number of carbonyl (C=O) groups is 1. The standard InChI is InChI=1S/C16H21ClFN3OS/c17-12-7-4-8-13(18)11(12)9-21-16(22)15(23-20)14(19)10-5-2-1-3-6-10/h4,7-8,10H,1-3,5-6,9,19-20H2,(H,21,22)/b15-14-. The molecule has 2 rings (SSSR count). The Kier molecular flexibility index (Phi) is 6.74. The Morgan fingerprint density at radius 2 is 2.04 bits per heavy atom. The maximum atomic E-state index is 13.7. The van der Waals surface area contributed by atoms with E-state index in [0.717, 1.165) is 37.6 Å². The van der Waals surface area contributed by atoms with Crippen LogP contribution in [-0.2, 0) is 11.3 Å². The molecule has 0 saturated heterocycles. The minimum Gasteiger partial charge on any atom is -0.401 e. The Morgan fingerprint density at radius 1 is 1.35 bits per heavy atom. The van der Waals surface area contributed by atoms with Gasteiger partial charge in [0.1, 0.15) is 10.7 Å². The van der Waals surface area contributed by atoms with Crippen molar-refractivity contribution < 1.29 is 9.18 Å². The van der Waals surface area contributed by atoms with Gasteiger partial charge in [0.2, 0.25) is 0 Å². The van der Waals surface area contributed by atoms with E-state index in [4.69, 9.17) is 22.5 Å². The van der Waals surface area contributed by atoms with Crippen LogP contribution in [0, 0.1) is 11.7 Å². The van der Waals surface area contributed by atoms with Crippen LogP contribution in [0.1, 0.15) is 37.7 Å². The molecule has 4 nitrogen and oxygen atoms in total. The third-order valence-electron chi connectivity index (χ3n) is 4.12. The topological polar surface area (TPSA) is 81.1 Å². The van der Waals surface area contributed by atoms with Gasteiger partial charge in [0.05, 0.1) is 0 Å². The predicted molar refractivity (Wildman–Crippen MR) is 92.8 cm³/mol. The summed E-state index contributed by atoms with van der Waals surface area (Å²) in [6.45, 7) is -0.00759. The van der Waals surface area contributed by atoms with Crippen molar-refractivity contribution in [3.05, 3.63) is 45.2 Å². The molecule has 126 valence electrons. The predicted octanol–water partition coefficient (Wildman–Crippen LogP) is 3.45. The molecular formula is C16H21ClFN3OS. The minimum absolute atomic E-state index is 0.00759. The molecular weight excluding hydrogens is 337 g/mol. The first-order valence-corrected chi connectivity index (χ1v) is 8.87. The zero-order chi connectivity index (χ0) is 16.8. The van der Waals surface area contributed by atoms with E-state index in [-0.39, 0.29) is 29.0 Å². The first kappa shape index (κ1) is 18.1. The second kappa shape index (κ2) is 8.57. The normalized spacial score (nSPS) is 16.8. The molecule has 1 fully saturated rings. The zero-order valence-corrected chi connectivity index (χ0v) is 14.4. The van der Waals surface area contributed by atoms with Crippen LogP contribution in [0.5, 0.6) is 0 Å². The molecule has 0 radical (unpaired) electrons. The average Bonchev–Trinajstić information content (AvgIpc) is 2.55. The van der Waals surface area contributed by atoms with Crippen molar-refractivity contribution in [2.24, 2.45) is 16.8 Å². The molecule has 1 saturated carbocycles. The second-order valence-electron chi connectivity index (χ2n) is 5.62. The summed E-state index contributed by atoms with van der Waals surface area (Å²) in [5, 5.41) is 8.55. The number of hydrogen-bond acceptors (Lipinski definition) is 4. The largest absolute Gasteiger partial charge is 0.401 e. The molecule has 0 unspecified atom stereocenters. The fourth-order valence-electron chi connectivity index (χ4n) is 2.80. The molecule has 1 aromatic carbocycles. The number of carbonyl (C=O) groups excluding carboxylic acids is 1. The smallest absolute Gasteiger partial charge is 0.261 e. The molecule has 1 amide bonds. The number of nitrogens with one attached hydrogen (secondary N) is 1.